The zero-order chi connectivity index (χ0) is 17.6. The number of ether oxygens (including phenoxy) is 2. The lowest BCUT2D eigenvalue weighted by atomic mass is 9.91. The minimum Gasteiger partial charge on any atom is -0.490 e. The Balaban J connectivity index is 1.81. The van der Waals surface area contributed by atoms with E-state index in [9.17, 15) is 4.79 Å². The number of hydrogen-bond donors (Lipinski definition) is 2. The van der Waals surface area contributed by atoms with Crippen LogP contribution >= 0.6 is 0 Å². The highest BCUT2D eigenvalue weighted by Gasteiger charge is 2.29. The fraction of sp³-hybridized carbons (Fsp3) is 0.650. The molecule has 3 rings (SSSR count). The molecule has 1 heterocycles. The molecule has 5 heteroatoms. The molecule has 138 valence electrons. The van der Waals surface area contributed by atoms with Crippen LogP contribution in [-0.2, 0) is 11.2 Å². The van der Waals surface area contributed by atoms with Crippen LogP contribution in [-0.4, -0.2) is 31.7 Å². The minimum absolute atomic E-state index is 0.0828. The molecular weight excluding hydrogens is 316 g/mol. The van der Waals surface area contributed by atoms with Gasteiger partial charge in [0.05, 0.1) is 13.2 Å². The molecule has 0 aromatic heterocycles. The Morgan fingerprint density at radius 3 is 2.48 bits per heavy atom. The molecule has 2 N–H and O–H groups in total. The smallest absolute Gasteiger partial charge is 0.241 e. The Morgan fingerprint density at radius 2 is 1.80 bits per heavy atom. The second-order valence-corrected chi connectivity index (χ2v) is 6.84. The van der Waals surface area contributed by atoms with E-state index in [0.717, 1.165) is 42.9 Å². The first kappa shape index (κ1) is 18.1. The third-order valence-corrected chi connectivity index (χ3v) is 5.07. The van der Waals surface area contributed by atoms with E-state index in [-0.39, 0.29) is 11.9 Å². The van der Waals surface area contributed by atoms with Crippen LogP contribution in [0.25, 0.3) is 0 Å². The van der Waals surface area contributed by atoms with Gasteiger partial charge in [-0.1, -0.05) is 19.3 Å². The van der Waals surface area contributed by atoms with Crippen molar-refractivity contribution in [3.05, 3.63) is 23.3 Å². The fourth-order valence-electron chi connectivity index (χ4n) is 3.87. The predicted molar refractivity (Wildman–Crippen MR) is 98.2 cm³/mol. The Hall–Kier alpha value is -1.75. The zero-order valence-corrected chi connectivity index (χ0v) is 15.4. The van der Waals surface area contributed by atoms with E-state index in [1.165, 1.54) is 24.8 Å². The van der Waals surface area contributed by atoms with Gasteiger partial charge in [-0.3, -0.25) is 4.79 Å². The van der Waals surface area contributed by atoms with Crippen LogP contribution in [0.15, 0.2) is 12.1 Å². The summed E-state index contributed by atoms with van der Waals surface area (Å²) in [6.07, 6.45) is 6.80. The van der Waals surface area contributed by atoms with Gasteiger partial charge in [0.25, 0.3) is 0 Å². The highest BCUT2D eigenvalue weighted by molar-refractivity contribution is 5.84. The van der Waals surface area contributed by atoms with Crippen molar-refractivity contribution in [2.45, 2.75) is 64.5 Å². The lowest BCUT2D eigenvalue weighted by molar-refractivity contribution is -0.124. The van der Waals surface area contributed by atoms with Crippen LogP contribution in [0.5, 0.6) is 11.5 Å². The summed E-state index contributed by atoms with van der Waals surface area (Å²) in [4.78, 5) is 12.9. The van der Waals surface area contributed by atoms with Crippen LogP contribution in [0.4, 0.5) is 0 Å². The van der Waals surface area contributed by atoms with Gasteiger partial charge in [0.15, 0.2) is 11.5 Å². The quantitative estimate of drug-likeness (QED) is 0.831. The van der Waals surface area contributed by atoms with E-state index in [2.05, 4.69) is 10.6 Å². The maximum atomic E-state index is 12.9. The second-order valence-electron chi connectivity index (χ2n) is 6.84. The molecule has 1 fully saturated rings. The lowest BCUT2D eigenvalue weighted by Gasteiger charge is -2.30. The molecule has 1 saturated carbocycles. The van der Waals surface area contributed by atoms with Crippen molar-refractivity contribution < 1.29 is 14.3 Å². The normalized spacial score (nSPS) is 20.6. The van der Waals surface area contributed by atoms with Gasteiger partial charge in [-0.05, 0) is 56.4 Å². The SMILES string of the molecule is CCOc1cc2c(cc1OCC)C(C(=O)NC1CCCCC1)NCC2. The molecule has 1 aliphatic carbocycles. The van der Waals surface area contributed by atoms with Gasteiger partial charge < -0.3 is 20.1 Å². The van der Waals surface area contributed by atoms with E-state index in [1.54, 1.807) is 0 Å². The van der Waals surface area contributed by atoms with Gasteiger partial charge in [-0.15, -0.1) is 0 Å². The Morgan fingerprint density at radius 1 is 1.12 bits per heavy atom. The highest BCUT2D eigenvalue weighted by atomic mass is 16.5. The Bertz CT molecular complexity index is 597. The summed E-state index contributed by atoms with van der Waals surface area (Å²) in [6, 6.07) is 4.05. The molecule has 0 radical (unpaired) electrons. The third-order valence-electron chi connectivity index (χ3n) is 5.07. The van der Waals surface area contributed by atoms with Gasteiger partial charge in [0.2, 0.25) is 5.91 Å². The van der Waals surface area contributed by atoms with E-state index in [1.807, 2.05) is 26.0 Å². The molecular formula is C20H30N2O3. The molecule has 2 aliphatic rings. The summed E-state index contributed by atoms with van der Waals surface area (Å²) in [7, 11) is 0. The highest BCUT2D eigenvalue weighted by Crippen LogP contribution is 2.36. The van der Waals surface area contributed by atoms with E-state index < -0.39 is 0 Å². The Kier molecular flexibility index (Phi) is 6.19. The van der Waals surface area contributed by atoms with E-state index >= 15 is 0 Å². The number of fused-ring (bicyclic) bond motifs is 1. The lowest BCUT2D eigenvalue weighted by Crippen LogP contribution is -2.45. The van der Waals surface area contributed by atoms with Crippen molar-refractivity contribution in [3.8, 4) is 11.5 Å². The molecule has 1 amide bonds. The summed E-state index contributed by atoms with van der Waals surface area (Å²) in [5, 5.41) is 6.62. The molecule has 1 aliphatic heterocycles. The fourth-order valence-corrected chi connectivity index (χ4v) is 3.87. The summed E-state index contributed by atoms with van der Waals surface area (Å²) in [6.45, 7) is 5.90. The second kappa shape index (κ2) is 8.56. The van der Waals surface area contributed by atoms with E-state index in [0.29, 0.717) is 19.3 Å². The van der Waals surface area contributed by atoms with Gasteiger partial charge in [-0.2, -0.15) is 0 Å². The first-order valence-electron chi connectivity index (χ1n) is 9.69. The molecule has 0 bridgehead atoms. The molecule has 0 saturated heterocycles. The van der Waals surface area contributed by atoms with Crippen molar-refractivity contribution in [1.82, 2.24) is 10.6 Å². The summed E-state index contributed by atoms with van der Waals surface area (Å²) in [5.41, 5.74) is 2.20. The maximum Gasteiger partial charge on any atom is 0.241 e. The first-order valence-corrected chi connectivity index (χ1v) is 9.69. The monoisotopic (exact) mass is 346 g/mol. The van der Waals surface area contributed by atoms with Gasteiger partial charge in [0, 0.05) is 12.6 Å². The number of nitrogens with one attached hydrogen (secondary N) is 2. The van der Waals surface area contributed by atoms with Gasteiger partial charge in [-0.25, -0.2) is 0 Å². The van der Waals surface area contributed by atoms with Gasteiger partial charge >= 0.3 is 0 Å². The van der Waals surface area contributed by atoms with Crippen LogP contribution in [0.3, 0.4) is 0 Å². The number of rotatable bonds is 6. The summed E-state index contributed by atoms with van der Waals surface area (Å²) in [5.74, 6) is 1.58. The summed E-state index contributed by atoms with van der Waals surface area (Å²) >= 11 is 0. The van der Waals surface area contributed by atoms with Gasteiger partial charge in [0.1, 0.15) is 6.04 Å². The average Bonchev–Trinajstić information content (AvgIpc) is 2.63. The molecule has 1 unspecified atom stereocenters. The van der Waals surface area contributed by atoms with Crippen LogP contribution in [0, 0.1) is 0 Å². The Labute approximate surface area is 150 Å². The third kappa shape index (κ3) is 4.27. The first-order chi connectivity index (χ1) is 12.2. The van der Waals surface area contributed by atoms with Crippen molar-refractivity contribution in [2.75, 3.05) is 19.8 Å². The molecule has 0 spiro atoms. The predicted octanol–water partition coefficient (Wildman–Crippen LogP) is 3.12. The number of carbonyl (C=O) groups is 1. The standard InChI is InChI=1S/C20H30N2O3/c1-3-24-17-12-14-10-11-21-19(16(14)13-18(17)25-4-2)20(23)22-15-8-6-5-7-9-15/h12-13,15,19,21H,3-11H2,1-2H3,(H,22,23). The maximum absolute atomic E-state index is 12.9. The number of carbonyl (C=O) groups excluding carboxylic acids is 1. The van der Waals surface area contributed by atoms with Crippen molar-refractivity contribution in [3.63, 3.8) is 0 Å². The summed E-state index contributed by atoms with van der Waals surface area (Å²) < 4.78 is 11.5. The van der Waals surface area contributed by atoms with Crippen LogP contribution < -0.4 is 20.1 Å². The number of hydrogen-bond acceptors (Lipinski definition) is 4. The van der Waals surface area contributed by atoms with Crippen molar-refractivity contribution in [2.24, 2.45) is 0 Å². The molecule has 5 nitrogen and oxygen atoms in total. The average molecular weight is 346 g/mol. The molecule has 1 atom stereocenters. The van der Waals surface area contributed by atoms with Crippen molar-refractivity contribution in [1.29, 1.82) is 0 Å². The van der Waals surface area contributed by atoms with Crippen LogP contribution in [0.2, 0.25) is 0 Å². The minimum atomic E-state index is -0.305. The molecule has 1 aromatic rings. The molecule has 1 aromatic carbocycles. The van der Waals surface area contributed by atoms with Crippen molar-refractivity contribution >= 4 is 5.91 Å². The number of benzene rings is 1. The topological polar surface area (TPSA) is 59.6 Å². The van der Waals surface area contributed by atoms with Crippen LogP contribution in [0.1, 0.15) is 63.1 Å². The largest absolute Gasteiger partial charge is 0.490 e. The van der Waals surface area contributed by atoms with E-state index in [4.69, 9.17) is 9.47 Å². The molecule has 25 heavy (non-hydrogen) atoms. The zero-order valence-electron chi connectivity index (χ0n) is 15.4. The number of amides is 1.